The Labute approximate surface area is 308 Å². The molecular formula is C48H30N2S2. The van der Waals surface area contributed by atoms with E-state index in [9.17, 15) is 0 Å². The number of fused-ring (bicyclic) bond motifs is 9. The lowest BCUT2D eigenvalue weighted by Crippen LogP contribution is -2.09. The molecule has 52 heavy (non-hydrogen) atoms. The summed E-state index contributed by atoms with van der Waals surface area (Å²) in [7, 11) is 0. The Balaban J connectivity index is 1.03. The highest BCUT2D eigenvalue weighted by atomic mass is 32.1. The maximum absolute atomic E-state index is 2.43. The van der Waals surface area contributed by atoms with E-state index in [0.29, 0.717) is 0 Å². The Morgan fingerprint density at radius 3 is 1.81 bits per heavy atom. The summed E-state index contributed by atoms with van der Waals surface area (Å²) >= 11 is 3.73. The summed E-state index contributed by atoms with van der Waals surface area (Å²) in [5.41, 5.74) is 9.50. The Hall–Kier alpha value is -6.20. The molecule has 0 aliphatic heterocycles. The second-order valence-corrected chi connectivity index (χ2v) is 15.5. The van der Waals surface area contributed by atoms with Crippen LogP contribution in [0.15, 0.2) is 182 Å². The second kappa shape index (κ2) is 11.7. The molecule has 0 fully saturated rings. The van der Waals surface area contributed by atoms with E-state index < -0.39 is 0 Å². The molecule has 3 heterocycles. The van der Waals surface area contributed by atoms with E-state index in [1.165, 1.54) is 84.7 Å². The largest absolute Gasteiger partial charge is 0.309 e. The van der Waals surface area contributed by atoms with Crippen molar-refractivity contribution in [2.24, 2.45) is 0 Å². The molecule has 4 heteroatoms. The molecule has 8 aromatic carbocycles. The molecule has 0 amide bonds. The molecule has 0 unspecified atom stereocenters. The molecule has 2 nitrogen and oxygen atoms in total. The van der Waals surface area contributed by atoms with Gasteiger partial charge in [0.1, 0.15) is 0 Å². The molecule has 11 rings (SSSR count). The number of benzene rings is 8. The molecule has 0 N–H and O–H groups in total. The van der Waals surface area contributed by atoms with Crippen LogP contribution in [0.2, 0.25) is 0 Å². The average molecular weight is 699 g/mol. The van der Waals surface area contributed by atoms with Crippen molar-refractivity contribution in [2.45, 2.75) is 0 Å². The predicted molar refractivity (Wildman–Crippen MR) is 227 cm³/mol. The van der Waals surface area contributed by atoms with E-state index in [1.807, 2.05) is 22.7 Å². The number of para-hydroxylation sites is 2. The van der Waals surface area contributed by atoms with Gasteiger partial charge in [0.2, 0.25) is 0 Å². The molecule has 11 aromatic rings. The standard InChI is InChI=1S/C48H30N2S2/c1-2-11-33(12-3-1)49(44-18-10-16-39-37-14-5-9-20-46(37)52-48(39)44)34-24-21-31(22-25-34)32-23-27-43-40(29-32)36-13-4-7-17-42(36)50(43)35-26-28-47-41(30-35)38-15-6-8-19-45(38)51-47/h1-30H. The van der Waals surface area contributed by atoms with Crippen LogP contribution in [0.5, 0.6) is 0 Å². The van der Waals surface area contributed by atoms with Gasteiger partial charge in [-0.05, 0) is 90.0 Å². The van der Waals surface area contributed by atoms with E-state index in [1.54, 1.807) is 0 Å². The van der Waals surface area contributed by atoms with Crippen LogP contribution in [0.1, 0.15) is 0 Å². The zero-order valence-electron chi connectivity index (χ0n) is 28.0. The lowest BCUT2D eigenvalue weighted by molar-refractivity contribution is 1.19. The fourth-order valence-corrected chi connectivity index (χ4v) is 10.3. The third kappa shape index (κ3) is 4.55. The van der Waals surface area contributed by atoms with Gasteiger partial charge in [-0.25, -0.2) is 0 Å². The van der Waals surface area contributed by atoms with Crippen molar-refractivity contribution in [3.63, 3.8) is 0 Å². The molecule has 0 saturated heterocycles. The molecule has 0 spiro atoms. The van der Waals surface area contributed by atoms with Gasteiger partial charge in [0.25, 0.3) is 0 Å². The molecule has 0 aliphatic rings. The maximum Gasteiger partial charge on any atom is 0.0640 e. The Bertz CT molecular complexity index is 3130. The molecule has 0 atom stereocenters. The summed E-state index contributed by atoms with van der Waals surface area (Å²) in [6, 6.07) is 66.6. The normalized spacial score (nSPS) is 11.8. The predicted octanol–water partition coefficient (Wildman–Crippen LogP) is 14.7. The van der Waals surface area contributed by atoms with Crippen LogP contribution >= 0.6 is 22.7 Å². The summed E-state index contributed by atoms with van der Waals surface area (Å²) in [6.07, 6.45) is 0. The summed E-state index contributed by atoms with van der Waals surface area (Å²) in [4.78, 5) is 2.39. The minimum atomic E-state index is 1.13. The highest BCUT2D eigenvalue weighted by molar-refractivity contribution is 7.26. The van der Waals surface area contributed by atoms with Crippen molar-refractivity contribution in [3.05, 3.63) is 182 Å². The molecule has 0 saturated carbocycles. The van der Waals surface area contributed by atoms with Crippen LogP contribution < -0.4 is 4.90 Å². The lowest BCUT2D eigenvalue weighted by Gasteiger charge is -2.26. The van der Waals surface area contributed by atoms with Crippen molar-refractivity contribution < 1.29 is 0 Å². The zero-order chi connectivity index (χ0) is 34.2. The van der Waals surface area contributed by atoms with Gasteiger partial charge in [0, 0.05) is 63.5 Å². The first kappa shape index (κ1) is 29.5. The number of nitrogens with zero attached hydrogens (tertiary/aromatic N) is 2. The van der Waals surface area contributed by atoms with Crippen molar-refractivity contribution in [1.82, 2.24) is 4.57 Å². The molecule has 0 bridgehead atoms. The van der Waals surface area contributed by atoms with E-state index in [0.717, 1.165) is 11.4 Å². The monoisotopic (exact) mass is 698 g/mol. The fourth-order valence-electron chi connectivity index (χ4n) is 8.00. The number of hydrogen-bond donors (Lipinski definition) is 0. The molecule has 0 radical (unpaired) electrons. The van der Waals surface area contributed by atoms with Gasteiger partial charge in [0.05, 0.1) is 21.4 Å². The molecule has 3 aromatic heterocycles. The number of anilines is 3. The highest BCUT2D eigenvalue weighted by Crippen LogP contribution is 2.45. The minimum Gasteiger partial charge on any atom is -0.309 e. The molecular weight excluding hydrogens is 669 g/mol. The number of rotatable bonds is 5. The van der Waals surface area contributed by atoms with Crippen LogP contribution in [0.4, 0.5) is 17.1 Å². The van der Waals surface area contributed by atoms with Crippen LogP contribution in [0.25, 0.3) is 79.0 Å². The van der Waals surface area contributed by atoms with E-state index in [2.05, 4.69) is 191 Å². The zero-order valence-corrected chi connectivity index (χ0v) is 29.7. The summed E-state index contributed by atoms with van der Waals surface area (Å²) in [6.45, 7) is 0. The van der Waals surface area contributed by atoms with Gasteiger partial charge in [-0.15, -0.1) is 22.7 Å². The SMILES string of the molecule is c1ccc(N(c2ccc(-c3ccc4c(c3)c3ccccc3n4-c3ccc4sc5ccccc5c4c3)cc2)c2cccc3c2sc2ccccc23)cc1. The van der Waals surface area contributed by atoms with E-state index in [4.69, 9.17) is 0 Å². The van der Waals surface area contributed by atoms with Gasteiger partial charge < -0.3 is 9.47 Å². The topological polar surface area (TPSA) is 8.17 Å². The van der Waals surface area contributed by atoms with Gasteiger partial charge >= 0.3 is 0 Å². The van der Waals surface area contributed by atoms with Crippen LogP contribution in [0.3, 0.4) is 0 Å². The van der Waals surface area contributed by atoms with Gasteiger partial charge in [0.15, 0.2) is 0 Å². The Morgan fingerprint density at radius 1 is 0.365 bits per heavy atom. The first-order valence-corrected chi connectivity index (χ1v) is 19.2. The van der Waals surface area contributed by atoms with Crippen molar-refractivity contribution >= 4 is 102 Å². The van der Waals surface area contributed by atoms with Gasteiger partial charge in [-0.3, -0.25) is 0 Å². The van der Waals surface area contributed by atoms with E-state index in [-0.39, 0.29) is 0 Å². The number of hydrogen-bond acceptors (Lipinski definition) is 3. The molecule has 0 aliphatic carbocycles. The van der Waals surface area contributed by atoms with Gasteiger partial charge in [-0.1, -0.05) is 103 Å². The quantitative estimate of drug-likeness (QED) is 0.174. The Morgan fingerprint density at radius 2 is 0.981 bits per heavy atom. The summed E-state index contributed by atoms with van der Waals surface area (Å²) < 4.78 is 7.69. The van der Waals surface area contributed by atoms with Crippen LogP contribution in [0, 0.1) is 0 Å². The first-order chi connectivity index (χ1) is 25.8. The number of thiophene rings is 2. The average Bonchev–Trinajstić information content (AvgIpc) is 3.88. The van der Waals surface area contributed by atoms with Crippen LogP contribution in [-0.2, 0) is 0 Å². The summed E-state index contributed by atoms with van der Waals surface area (Å²) in [5, 5.41) is 7.76. The van der Waals surface area contributed by atoms with Crippen molar-refractivity contribution in [1.29, 1.82) is 0 Å². The third-order valence-electron chi connectivity index (χ3n) is 10.4. The van der Waals surface area contributed by atoms with Crippen molar-refractivity contribution in [3.8, 4) is 16.8 Å². The first-order valence-electron chi connectivity index (χ1n) is 17.6. The highest BCUT2D eigenvalue weighted by Gasteiger charge is 2.19. The maximum atomic E-state index is 2.43. The number of aromatic nitrogens is 1. The summed E-state index contributed by atoms with van der Waals surface area (Å²) in [5.74, 6) is 0. The lowest BCUT2D eigenvalue weighted by atomic mass is 10.0. The Kier molecular flexibility index (Phi) is 6.63. The second-order valence-electron chi connectivity index (χ2n) is 13.3. The minimum absolute atomic E-state index is 1.13. The van der Waals surface area contributed by atoms with Crippen molar-refractivity contribution in [2.75, 3.05) is 4.90 Å². The van der Waals surface area contributed by atoms with Crippen LogP contribution in [-0.4, -0.2) is 4.57 Å². The van der Waals surface area contributed by atoms with E-state index >= 15 is 0 Å². The third-order valence-corrected chi connectivity index (χ3v) is 12.7. The fraction of sp³-hybridized carbons (Fsp3) is 0. The smallest absolute Gasteiger partial charge is 0.0640 e. The van der Waals surface area contributed by atoms with Gasteiger partial charge in [-0.2, -0.15) is 0 Å². The molecule has 244 valence electrons.